The van der Waals surface area contributed by atoms with Gasteiger partial charge >= 0.3 is 0 Å². The van der Waals surface area contributed by atoms with Gasteiger partial charge in [-0.1, -0.05) is 12.1 Å². The molecule has 0 amide bonds. The number of aryl methyl sites for hydroxylation is 4. The Morgan fingerprint density at radius 2 is 1.95 bits per heavy atom. The maximum Gasteiger partial charge on any atom is 0.129 e. The van der Waals surface area contributed by atoms with Crippen molar-refractivity contribution >= 4 is 0 Å². The molecule has 1 heterocycles. The number of nitrogens with zero attached hydrogens (tertiary/aromatic N) is 2. The lowest BCUT2D eigenvalue weighted by molar-refractivity contribution is 0.287. The highest BCUT2D eigenvalue weighted by Gasteiger charge is 2.12. The molecule has 1 aromatic carbocycles. The van der Waals surface area contributed by atoms with Gasteiger partial charge in [-0.05, 0) is 55.9 Å². The van der Waals surface area contributed by atoms with Crippen LogP contribution >= 0.6 is 0 Å². The van der Waals surface area contributed by atoms with Crippen LogP contribution in [0.15, 0.2) is 24.3 Å². The molecule has 1 N–H and O–H groups in total. The molecule has 0 fully saturated rings. The van der Waals surface area contributed by atoms with E-state index in [-0.39, 0.29) is 6.61 Å². The molecule has 3 rings (SSSR count). The van der Waals surface area contributed by atoms with Crippen molar-refractivity contribution in [2.45, 2.75) is 39.0 Å². The number of aliphatic hydroxyl groups is 1. The minimum atomic E-state index is 0.186. The van der Waals surface area contributed by atoms with Crippen LogP contribution in [0.5, 0.6) is 0 Å². The molecule has 0 saturated carbocycles. The van der Waals surface area contributed by atoms with E-state index >= 15 is 0 Å². The first-order chi connectivity index (χ1) is 9.76. The van der Waals surface area contributed by atoms with Crippen LogP contribution < -0.4 is 0 Å². The van der Waals surface area contributed by atoms with Crippen molar-refractivity contribution in [3.8, 4) is 11.3 Å². The van der Waals surface area contributed by atoms with E-state index in [0.717, 1.165) is 23.6 Å². The summed E-state index contributed by atoms with van der Waals surface area (Å²) >= 11 is 0. The maximum absolute atomic E-state index is 8.93. The van der Waals surface area contributed by atoms with E-state index in [1.807, 2.05) is 13.0 Å². The molecule has 20 heavy (non-hydrogen) atoms. The summed E-state index contributed by atoms with van der Waals surface area (Å²) < 4.78 is 0. The summed E-state index contributed by atoms with van der Waals surface area (Å²) in [7, 11) is 0. The predicted octanol–water partition coefficient (Wildman–Crippen LogP) is 2.87. The van der Waals surface area contributed by atoms with Gasteiger partial charge in [0.1, 0.15) is 5.82 Å². The van der Waals surface area contributed by atoms with E-state index in [4.69, 9.17) is 5.11 Å². The lowest BCUT2D eigenvalue weighted by Gasteiger charge is -2.08. The smallest absolute Gasteiger partial charge is 0.129 e. The Hall–Kier alpha value is -1.74. The van der Waals surface area contributed by atoms with Gasteiger partial charge < -0.3 is 5.11 Å². The number of hydrogen-bond donors (Lipinski definition) is 1. The topological polar surface area (TPSA) is 46.0 Å². The van der Waals surface area contributed by atoms with Crippen molar-refractivity contribution in [3.05, 3.63) is 46.9 Å². The second kappa shape index (κ2) is 5.71. The quantitative estimate of drug-likeness (QED) is 0.927. The lowest BCUT2D eigenvalue weighted by Crippen LogP contribution is -2.01. The predicted molar refractivity (Wildman–Crippen MR) is 79.6 cm³/mol. The molecule has 3 heteroatoms. The van der Waals surface area contributed by atoms with E-state index in [1.165, 1.54) is 36.0 Å². The van der Waals surface area contributed by atoms with Crippen LogP contribution in [-0.4, -0.2) is 21.7 Å². The molecule has 0 aliphatic heterocycles. The fourth-order valence-corrected chi connectivity index (χ4v) is 2.86. The third-order valence-electron chi connectivity index (χ3n) is 3.85. The number of aromatic nitrogens is 2. The molecule has 1 aromatic heterocycles. The number of rotatable bonds is 4. The molecule has 0 saturated heterocycles. The monoisotopic (exact) mass is 268 g/mol. The van der Waals surface area contributed by atoms with Crippen molar-refractivity contribution in [2.75, 3.05) is 6.61 Å². The number of aliphatic hydroxyl groups excluding tert-OH is 1. The van der Waals surface area contributed by atoms with Crippen LogP contribution in [0.25, 0.3) is 11.3 Å². The highest BCUT2D eigenvalue weighted by atomic mass is 16.2. The summed E-state index contributed by atoms with van der Waals surface area (Å²) in [5.41, 5.74) is 6.13. The van der Waals surface area contributed by atoms with Crippen LogP contribution in [0.4, 0.5) is 0 Å². The summed E-state index contributed by atoms with van der Waals surface area (Å²) in [6.07, 6.45) is 5.11. The largest absolute Gasteiger partial charge is 0.396 e. The average Bonchev–Trinajstić information content (AvgIpc) is 2.92. The molecular formula is C17H20N2O. The molecule has 0 bridgehead atoms. The first-order valence-electron chi connectivity index (χ1n) is 7.34. The van der Waals surface area contributed by atoms with Crippen LogP contribution in [0.3, 0.4) is 0 Å². The molecule has 3 nitrogen and oxygen atoms in total. The Morgan fingerprint density at radius 1 is 1.10 bits per heavy atom. The minimum Gasteiger partial charge on any atom is -0.396 e. The average molecular weight is 268 g/mol. The number of benzene rings is 1. The molecule has 2 aromatic rings. The molecule has 1 aliphatic carbocycles. The molecule has 0 radical (unpaired) electrons. The van der Waals surface area contributed by atoms with Gasteiger partial charge in [0.15, 0.2) is 0 Å². The highest BCUT2D eigenvalue weighted by molar-refractivity contribution is 5.62. The maximum atomic E-state index is 8.93. The Kier molecular flexibility index (Phi) is 3.79. The second-order valence-electron chi connectivity index (χ2n) is 5.47. The van der Waals surface area contributed by atoms with Gasteiger partial charge in [0.2, 0.25) is 0 Å². The summed E-state index contributed by atoms with van der Waals surface area (Å²) in [5, 5.41) is 8.93. The summed E-state index contributed by atoms with van der Waals surface area (Å²) in [4.78, 5) is 9.09. The van der Waals surface area contributed by atoms with Crippen LogP contribution in [0.1, 0.15) is 35.5 Å². The molecule has 1 aliphatic rings. The zero-order valence-corrected chi connectivity index (χ0v) is 11.9. The Labute approximate surface area is 119 Å². The molecule has 104 valence electrons. The van der Waals surface area contributed by atoms with Gasteiger partial charge in [0.05, 0.1) is 5.69 Å². The molecule has 0 atom stereocenters. The molecular weight excluding hydrogens is 248 g/mol. The van der Waals surface area contributed by atoms with Gasteiger partial charge in [0, 0.05) is 24.3 Å². The third-order valence-corrected chi connectivity index (χ3v) is 3.85. The molecule has 0 spiro atoms. The van der Waals surface area contributed by atoms with E-state index in [2.05, 4.69) is 28.2 Å². The van der Waals surface area contributed by atoms with E-state index < -0.39 is 0 Å². The lowest BCUT2D eigenvalue weighted by atomic mass is 10.0. The first-order valence-corrected chi connectivity index (χ1v) is 7.34. The zero-order valence-electron chi connectivity index (χ0n) is 11.9. The van der Waals surface area contributed by atoms with E-state index in [1.54, 1.807) is 0 Å². The first kappa shape index (κ1) is 13.3. The van der Waals surface area contributed by atoms with Gasteiger partial charge in [-0.2, -0.15) is 0 Å². The Bertz CT molecular complexity index is 622. The van der Waals surface area contributed by atoms with Crippen LogP contribution in [0.2, 0.25) is 0 Å². The summed E-state index contributed by atoms with van der Waals surface area (Å²) in [5.74, 6) is 0.828. The van der Waals surface area contributed by atoms with Gasteiger partial charge in [-0.3, -0.25) is 0 Å². The van der Waals surface area contributed by atoms with E-state index in [0.29, 0.717) is 6.42 Å². The highest BCUT2D eigenvalue weighted by Crippen LogP contribution is 2.27. The van der Waals surface area contributed by atoms with Crippen LogP contribution in [-0.2, 0) is 19.3 Å². The van der Waals surface area contributed by atoms with E-state index in [9.17, 15) is 0 Å². The zero-order chi connectivity index (χ0) is 13.9. The van der Waals surface area contributed by atoms with Crippen molar-refractivity contribution in [3.63, 3.8) is 0 Å². The second-order valence-corrected chi connectivity index (χ2v) is 5.47. The normalized spacial score (nSPS) is 13.5. The third kappa shape index (κ3) is 2.73. The van der Waals surface area contributed by atoms with Gasteiger partial charge in [-0.15, -0.1) is 0 Å². The Balaban J connectivity index is 1.94. The summed E-state index contributed by atoms with van der Waals surface area (Å²) in [6.45, 7) is 2.19. The van der Waals surface area contributed by atoms with Crippen molar-refractivity contribution in [2.24, 2.45) is 0 Å². The van der Waals surface area contributed by atoms with Crippen molar-refractivity contribution in [1.29, 1.82) is 0 Å². The minimum absolute atomic E-state index is 0.186. The summed E-state index contributed by atoms with van der Waals surface area (Å²) in [6, 6.07) is 8.73. The fraction of sp³-hybridized carbons (Fsp3) is 0.412. The fourth-order valence-electron chi connectivity index (χ4n) is 2.86. The van der Waals surface area contributed by atoms with Gasteiger partial charge in [0.25, 0.3) is 0 Å². The van der Waals surface area contributed by atoms with Gasteiger partial charge in [-0.25, -0.2) is 9.97 Å². The van der Waals surface area contributed by atoms with Crippen molar-refractivity contribution < 1.29 is 5.11 Å². The van der Waals surface area contributed by atoms with Crippen molar-refractivity contribution in [1.82, 2.24) is 9.97 Å². The van der Waals surface area contributed by atoms with Crippen LogP contribution in [0, 0.1) is 6.92 Å². The molecule has 0 unspecified atom stereocenters. The number of fused-ring (bicyclic) bond motifs is 1. The Morgan fingerprint density at radius 3 is 2.80 bits per heavy atom. The number of hydrogen-bond acceptors (Lipinski definition) is 3. The SMILES string of the molecule is Cc1cc(-c2ccc3c(c2)CCC3)nc(CCCO)n1. The standard InChI is InChI=1S/C17H20N2O/c1-12-10-16(19-17(18-12)6-3-9-20)15-8-7-13-4-2-5-14(13)11-15/h7-8,10-11,20H,2-6,9H2,1H3.